The van der Waals surface area contributed by atoms with E-state index in [0.717, 1.165) is 28.9 Å². The van der Waals surface area contributed by atoms with E-state index in [9.17, 15) is 4.79 Å². The van der Waals surface area contributed by atoms with Gasteiger partial charge in [-0.3, -0.25) is 4.79 Å². The molecular formula is C14H13BrN2O. The lowest BCUT2D eigenvalue weighted by atomic mass is 9.74. The molecule has 0 aliphatic heterocycles. The van der Waals surface area contributed by atoms with E-state index < -0.39 is 0 Å². The van der Waals surface area contributed by atoms with Crippen molar-refractivity contribution in [3.63, 3.8) is 0 Å². The van der Waals surface area contributed by atoms with Gasteiger partial charge in [0, 0.05) is 21.7 Å². The van der Waals surface area contributed by atoms with Crippen LogP contribution in [-0.4, -0.2) is 11.6 Å². The van der Waals surface area contributed by atoms with Gasteiger partial charge in [0.1, 0.15) is 0 Å². The normalized spacial score (nSPS) is 26.8. The Bertz CT molecular complexity index is 533. The van der Waals surface area contributed by atoms with Gasteiger partial charge in [0.05, 0.1) is 0 Å². The van der Waals surface area contributed by atoms with Gasteiger partial charge in [0.2, 0.25) is 0 Å². The Morgan fingerprint density at radius 3 is 2.83 bits per heavy atom. The molecule has 0 unspecified atom stereocenters. The van der Waals surface area contributed by atoms with E-state index in [1.165, 1.54) is 0 Å². The van der Waals surface area contributed by atoms with Crippen LogP contribution >= 0.6 is 15.9 Å². The summed E-state index contributed by atoms with van der Waals surface area (Å²) >= 11 is 3.34. The summed E-state index contributed by atoms with van der Waals surface area (Å²) in [6.45, 7) is 0. The minimum Gasteiger partial charge on any atom is -0.267 e. The number of carbonyl (C=O) groups excluding carboxylic acids is 1. The van der Waals surface area contributed by atoms with Crippen LogP contribution in [0.3, 0.4) is 0 Å². The van der Waals surface area contributed by atoms with E-state index in [2.05, 4.69) is 38.6 Å². The molecule has 18 heavy (non-hydrogen) atoms. The number of benzene rings is 1. The van der Waals surface area contributed by atoms with Crippen LogP contribution in [-0.2, 0) is 0 Å². The summed E-state index contributed by atoms with van der Waals surface area (Å²) in [5, 5.41) is 4.23. The SMILES string of the molecule is O=C(N/N=C1/C[C@H]2CC=C[C@@H]12)c1ccc(Br)cc1. The molecule has 1 fully saturated rings. The Balaban J connectivity index is 1.63. The molecule has 1 N–H and O–H groups in total. The minimum atomic E-state index is -0.152. The maximum absolute atomic E-state index is 11.8. The molecule has 4 heteroatoms. The summed E-state index contributed by atoms with van der Waals surface area (Å²) in [5.74, 6) is 1.05. The number of nitrogens with one attached hydrogen (secondary N) is 1. The van der Waals surface area contributed by atoms with E-state index in [1.54, 1.807) is 12.1 Å². The number of hydrogen-bond acceptors (Lipinski definition) is 2. The van der Waals surface area contributed by atoms with Crippen molar-refractivity contribution in [1.29, 1.82) is 0 Å². The van der Waals surface area contributed by atoms with Gasteiger partial charge >= 0.3 is 0 Å². The third-order valence-electron chi connectivity index (χ3n) is 3.55. The highest BCUT2D eigenvalue weighted by molar-refractivity contribution is 9.10. The molecule has 92 valence electrons. The number of allylic oxidation sites excluding steroid dienone is 2. The molecule has 0 bridgehead atoms. The van der Waals surface area contributed by atoms with E-state index in [4.69, 9.17) is 0 Å². The lowest BCUT2D eigenvalue weighted by Gasteiger charge is -2.31. The molecule has 2 aliphatic rings. The van der Waals surface area contributed by atoms with Crippen LogP contribution in [0.25, 0.3) is 0 Å². The van der Waals surface area contributed by atoms with Crippen LogP contribution in [0.1, 0.15) is 23.2 Å². The molecule has 0 radical (unpaired) electrons. The molecule has 1 aromatic carbocycles. The van der Waals surface area contributed by atoms with Crippen molar-refractivity contribution in [2.45, 2.75) is 12.8 Å². The first-order valence-electron chi connectivity index (χ1n) is 6.03. The lowest BCUT2D eigenvalue weighted by molar-refractivity contribution is 0.0954. The zero-order valence-electron chi connectivity index (χ0n) is 9.77. The highest BCUT2D eigenvalue weighted by Gasteiger charge is 2.37. The average Bonchev–Trinajstić information content (AvgIpc) is 2.72. The third-order valence-corrected chi connectivity index (χ3v) is 4.08. The molecule has 0 aromatic heterocycles. The topological polar surface area (TPSA) is 41.5 Å². The molecule has 3 nitrogen and oxygen atoms in total. The van der Waals surface area contributed by atoms with Crippen LogP contribution in [0.5, 0.6) is 0 Å². The van der Waals surface area contributed by atoms with Crippen LogP contribution in [0, 0.1) is 11.8 Å². The number of hydrazone groups is 1. The lowest BCUT2D eigenvalue weighted by Crippen LogP contribution is -2.35. The number of amides is 1. The summed E-state index contributed by atoms with van der Waals surface area (Å²) in [6.07, 6.45) is 6.57. The Hall–Kier alpha value is -1.42. The summed E-state index contributed by atoms with van der Waals surface area (Å²) in [7, 11) is 0. The van der Waals surface area contributed by atoms with E-state index in [-0.39, 0.29) is 5.91 Å². The van der Waals surface area contributed by atoms with Gasteiger partial charge in [-0.1, -0.05) is 28.1 Å². The van der Waals surface area contributed by atoms with Crippen LogP contribution in [0.4, 0.5) is 0 Å². The van der Waals surface area contributed by atoms with E-state index in [1.807, 2.05) is 12.1 Å². The molecule has 0 saturated heterocycles. The fourth-order valence-corrected chi connectivity index (χ4v) is 2.71. The summed E-state index contributed by atoms with van der Waals surface area (Å²) in [4.78, 5) is 11.8. The Morgan fingerprint density at radius 1 is 1.33 bits per heavy atom. The van der Waals surface area contributed by atoms with Crippen molar-refractivity contribution < 1.29 is 4.79 Å². The maximum atomic E-state index is 11.8. The molecule has 1 saturated carbocycles. The zero-order chi connectivity index (χ0) is 12.5. The van der Waals surface area contributed by atoms with Crippen LogP contribution in [0.15, 0.2) is 46.0 Å². The summed E-state index contributed by atoms with van der Waals surface area (Å²) in [5.41, 5.74) is 4.35. The zero-order valence-corrected chi connectivity index (χ0v) is 11.4. The number of hydrogen-bond donors (Lipinski definition) is 1. The highest BCUT2D eigenvalue weighted by atomic mass is 79.9. The Labute approximate surface area is 114 Å². The van der Waals surface area contributed by atoms with Crippen molar-refractivity contribution in [3.05, 3.63) is 46.5 Å². The van der Waals surface area contributed by atoms with Crippen molar-refractivity contribution in [3.8, 4) is 0 Å². The number of fused-ring (bicyclic) bond motifs is 1. The van der Waals surface area contributed by atoms with Gasteiger partial charge in [0.25, 0.3) is 5.91 Å². The average molecular weight is 305 g/mol. The smallest absolute Gasteiger partial charge is 0.267 e. The standard InChI is InChI=1S/C14H13BrN2O/c15-11-6-4-9(5-7-11)14(18)17-16-13-8-10-2-1-3-12(10)13/h1,3-7,10,12H,2,8H2,(H,17,18)/b16-13-/t10-,12-/m1/s1. The predicted octanol–water partition coefficient (Wildman–Crippen LogP) is 3.13. The molecule has 2 atom stereocenters. The predicted molar refractivity (Wildman–Crippen MR) is 74.4 cm³/mol. The first kappa shape index (κ1) is 11.7. The first-order chi connectivity index (χ1) is 8.74. The third kappa shape index (κ3) is 2.12. The van der Waals surface area contributed by atoms with Crippen molar-refractivity contribution in [1.82, 2.24) is 5.43 Å². The second kappa shape index (κ2) is 4.69. The second-order valence-electron chi connectivity index (χ2n) is 4.70. The Kier molecular flexibility index (Phi) is 3.04. The second-order valence-corrected chi connectivity index (χ2v) is 5.62. The van der Waals surface area contributed by atoms with Crippen molar-refractivity contribution >= 4 is 27.5 Å². The highest BCUT2D eigenvalue weighted by Crippen LogP contribution is 2.40. The molecular weight excluding hydrogens is 292 g/mol. The molecule has 0 spiro atoms. The van der Waals surface area contributed by atoms with Crippen LogP contribution in [0.2, 0.25) is 0 Å². The van der Waals surface area contributed by atoms with Gasteiger partial charge in [-0.25, -0.2) is 5.43 Å². The van der Waals surface area contributed by atoms with Gasteiger partial charge in [-0.05, 0) is 43.0 Å². The monoisotopic (exact) mass is 304 g/mol. The molecule has 0 heterocycles. The number of carbonyl (C=O) groups is 1. The summed E-state index contributed by atoms with van der Waals surface area (Å²) in [6, 6.07) is 7.25. The Morgan fingerprint density at radius 2 is 2.11 bits per heavy atom. The van der Waals surface area contributed by atoms with Crippen molar-refractivity contribution in [2.75, 3.05) is 0 Å². The maximum Gasteiger partial charge on any atom is 0.271 e. The van der Waals surface area contributed by atoms with E-state index >= 15 is 0 Å². The largest absolute Gasteiger partial charge is 0.271 e. The van der Waals surface area contributed by atoms with E-state index in [0.29, 0.717) is 11.5 Å². The fraction of sp³-hybridized carbons (Fsp3) is 0.286. The number of rotatable bonds is 2. The van der Waals surface area contributed by atoms with Gasteiger partial charge in [-0.15, -0.1) is 0 Å². The van der Waals surface area contributed by atoms with Crippen LogP contribution < -0.4 is 5.43 Å². The first-order valence-corrected chi connectivity index (χ1v) is 6.82. The molecule has 2 aliphatic carbocycles. The summed E-state index contributed by atoms with van der Waals surface area (Å²) < 4.78 is 0.961. The molecule has 3 rings (SSSR count). The quantitative estimate of drug-likeness (QED) is 0.662. The van der Waals surface area contributed by atoms with Gasteiger partial charge in [-0.2, -0.15) is 5.10 Å². The molecule has 1 amide bonds. The number of halogens is 1. The fourth-order valence-electron chi connectivity index (χ4n) is 2.45. The van der Waals surface area contributed by atoms with Gasteiger partial charge in [0.15, 0.2) is 0 Å². The molecule has 1 aromatic rings. The van der Waals surface area contributed by atoms with Crippen molar-refractivity contribution in [2.24, 2.45) is 16.9 Å². The minimum absolute atomic E-state index is 0.152. The van der Waals surface area contributed by atoms with Gasteiger partial charge < -0.3 is 0 Å². The number of nitrogens with zero attached hydrogens (tertiary/aromatic N) is 1.